The van der Waals surface area contributed by atoms with Crippen LogP contribution in [-0.2, 0) is 0 Å². The highest BCUT2D eigenvalue weighted by molar-refractivity contribution is 5.39. The van der Waals surface area contributed by atoms with Crippen LogP contribution in [0.25, 0.3) is 0 Å². The monoisotopic (exact) mass is 179 g/mol. The molecular formula is C9H13N3O. The van der Waals surface area contributed by atoms with Gasteiger partial charge in [-0.15, -0.1) is 0 Å². The van der Waals surface area contributed by atoms with Crippen LogP contribution < -0.4 is 4.90 Å². The molecule has 1 N–H and O–H groups in total. The molecule has 1 fully saturated rings. The number of aryl methyl sites for hydroxylation is 1. The highest BCUT2D eigenvalue weighted by Gasteiger charge is 2.21. The Morgan fingerprint density at radius 1 is 1.54 bits per heavy atom. The Morgan fingerprint density at radius 3 is 3.00 bits per heavy atom. The molecule has 4 nitrogen and oxygen atoms in total. The maximum Gasteiger partial charge on any atom is 0.132 e. The first-order valence-electron chi connectivity index (χ1n) is 4.47. The van der Waals surface area contributed by atoms with Crippen LogP contribution in [0.2, 0.25) is 0 Å². The zero-order valence-electron chi connectivity index (χ0n) is 7.64. The van der Waals surface area contributed by atoms with Gasteiger partial charge in [-0.05, 0) is 13.3 Å². The molecule has 1 aromatic heterocycles. The molecule has 1 saturated heterocycles. The van der Waals surface area contributed by atoms with Crippen LogP contribution in [0.1, 0.15) is 12.1 Å². The number of nitrogens with zero attached hydrogens (tertiary/aromatic N) is 3. The summed E-state index contributed by atoms with van der Waals surface area (Å²) in [5.74, 6) is 0.920. The normalized spacial score (nSPS) is 22.3. The van der Waals surface area contributed by atoms with Crippen LogP contribution in [0.3, 0.4) is 0 Å². The van der Waals surface area contributed by atoms with E-state index in [0.717, 1.165) is 24.5 Å². The lowest BCUT2D eigenvalue weighted by Gasteiger charge is -2.15. The molecule has 13 heavy (non-hydrogen) atoms. The third-order valence-electron chi connectivity index (χ3n) is 2.28. The van der Waals surface area contributed by atoms with Gasteiger partial charge in [-0.3, -0.25) is 0 Å². The van der Waals surface area contributed by atoms with E-state index in [2.05, 4.69) is 14.9 Å². The Labute approximate surface area is 77.2 Å². The van der Waals surface area contributed by atoms with Crippen molar-refractivity contribution < 1.29 is 5.11 Å². The summed E-state index contributed by atoms with van der Waals surface area (Å²) in [4.78, 5) is 10.3. The number of aliphatic hydroxyl groups is 1. The molecule has 70 valence electrons. The molecule has 0 aliphatic carbocycles. The lowest BCUT2D eigenvalue weighted by molar-refractivity contribution is 0.198. The van der Waals surface area contributed by atoms with Gasteiger partial charge in [0.2, 0.25) is 0 Å². The van der Waals surface area contributed by atoms with Crippen LogP contribution in [0, 0.1) is 6.92 Å². The maximum absolute atomic E-state index is 9.35. The first-order valence-corrected chi connectivity index (χ1v) is 4.47. The van der Waals surface area contributed by atoms with Gasteiger partial charge in [0, 0.05) is 24.8 Å². The number of aliphatic hydroxyl groups excluding tert-OH is 1. The van der Waals surface area contributed by atoms with Crippen molar-refractivity contribution >= 4 is 5.82 Å². The molecule has 0 unspecified atom stereocenters. The van der Waals surface area contributed by atoms with Gasteiger partial charge in [0.05, 0.1) is 6.10 Å². The number of hydrogen-bond donors (Lipinski definition) is 1. The van der Waals surface area contributed by atoms with E-state index in [1.54, 1.807) is 6.33 Å². The van der Waals surface area contributed by atoms with Gasteiger partial charge in [-0.1, -0.05) is 0 Å². The second kappa shape index (κ2) is 3.30. The van der Waals surface area contributed by atoms with Gasteiger partial charge in [0.1, 0.15) is 12.1 Å². The van der Waals surface area contributed by atoms with Crippen LogP contribution >= 0.6 is 0 Å². The number of hydrogen-bond acceptors (Lipinski definition) is 4. The highest BCUT2D eigenvalue weighted by atomic mass is 16.3. The number of anilines is 1. The molecule has 0 radical (unpaired) electrons. The zero-order valence-corrected chi connectivity index (χ0v) is 7.64. The second-order valence-corrected chi connectivity index (χ2v) is 3.41. The lowest BCUT2D eigenvalue weighted by Crippen LogP contribution is -2.22. The molecule has 4 heteroatoms. The summed E-state index contributed by atoms with van der Waals surface area (Å²) >= 11 is 0. The number of aromatic nitrogens is 2. The van der Waals surface area contributed by atoms with Crippen LogP contribution in [0.5, 0.6) is 0 Å². The van der Waals surface area contributed by atoms with E-state index in [1.807, 2.05) is 13.0 Å². The summed E-state index contributed by atoms with van der Waals surface area (Å²) < 4.78 is 0. The van der Waals surface area contributed by atoms with Crippen LogP contribution in [0.15, 0.2) is 12.4 Å². The third-order valence-corrected chi connectivity index (χ3v) is 2.28. The largest absolute Gasteiger partial charge is 0.391 e. The molecule has 0 saturated carbocycles. The smallest absolute Gasteiger partial charge is 0.132 e. The number of rotatable bonds is 1. The van der Waals surface area contributed by atoms with Crippen molar-refractivity contribution in [3.05, 3.63) is 18.1 Å². The fraction of sp³-hybridized carbons (Fsp3) is 0.556. The van der Waals surface area contributed by atoms with E-state index in [-0.39, 0.29) is 6.10 Å². The average Bonchev–Trinajstić information content (AvgIpc) is 2.52. The van der Waals surface area contributed by atoms with Crippen molar-refractivity contribution in [3.63, 3.8) is 0 Å². The second-order valence-electron chi connectivity index (χ2n) is 3.41. The Bertz CT molecular complexity index is 303. The van der Waals surface area contributed by atoms with Crippen LogP contribution in [-0.4, -0.2) is 34.3 Å². The first-order chi connectivity index (χ1) is 6.25. The minimum Gasteiger partial charge on any atom is -0.391 e. The van der Waals surface area contributed by atoms with Gasteiger partial charge in [-0.2, -0.15) is 0 Å². The summed E-state index contributed by atoms with van der Waals surface area (Å²) in [6.45, 7) is 3.52. The molecule has 0 bridgehead atoms. The maximum atomic E-state index is 9.35. The molecule has 1 aliphatic rings. The van der Waals surface area contributed by atoms with E-state index >= 15 is 0 Å². The summed E-state index contributed by atoms with van der Waals surface area (Å²) in [6.07, 6.45) is 2.20. The first kappa shape index (κ1) is 8.44. The predicted molar refractivity (Wildman–Crippen MR) is 49.6 cm³/mol. The quantitative estimate of drug-likeness (QED) is 0.676. The van der Waals surface area contributed by atoms with Gasteiger partial charge in [0.25, 0.3) is 0 Å². The Kier molecular flexibility index (Phi) is 2.14. The minimum atomic E-state index is -0.199. The van der Waals surface area contributed by atoms with Crippen molar-refractivity contribution in [1.82, 2.24) is 9.97 Å². The van der Waals surface area contributed by atoms with Crippen LogP contribution in [0.4, 0.5) is 5.82 Å². The number of β-amino-alcohol motifs (C(OH)–C–C–N with tert-alkyl or cyclic N) is 1. The summed E-state index contributed by atoms with van der Waals surface area (Å²) in [7, 11) is 0. The van der Waals surface area contributed by atoms with Crippen molar-refractivity contribution in [2.45, 2.75) is 19.4 Å². The van der Waals surface area contributed by atoms with Crippen molar-refractivity contribution in [2.75, 3.05) is 18.0 Å². The molecule has 1 aromatic rings. The van der Waals surface area contributed by atoms with E-state index in [0.29, 0.717) is 6.54 Å². The average molecular weight is 179 g/mol. The van der Waals surface area contributed by atoms with Gasteiger partial charge < -0.3 is 10.0 Å². The van der Waals surface area contributed by atoms with Crippen molar-refractivity contribution in [1.29, 1.82) is 0 Å². The van der Waals surface area contributed by atoms with Gasteiger partial charge >= 0.3 is 0 Å². The lowest BCUT2D eigenvalue weighted by atomic mass is 10.3. The summed E-state index contributed by atoms with van der Waals surface area (Å²) in [6, 6.07) is 1.94. The topological polar surface area (TPSA) is 49.2 Å². The van der Waals surface area contributed by atoms with Crippen molar-refractivity contribution in [3.8, 4) is 0 Å². The van der Waals surface area contributed by atoms with E-state index in [9.17, 15) is 5.11 Å². The molecule has 1 aliphatic heterocycles. The highest BCUT2D eigenvalue weighted by Crippen LogP contribution is 2.17. The molecule has 0 amide bonds. The Hall–Kier alpha value is -1.16. The summed E-state index contributed by atoms with van der Waals surface area (Å²) in [5, 5.41) is 9.35. The van der Waals surface area contributed by atoms with E-state index < -0.39 is 0 Å². The third kappa shape index (κ3) is 1.78. The molecule has 0 aromatic carbocycles. The SMILES string of the molecule is Cc1cc(N2CC[C@@H](O)C2)ncn1. The molecule has 0 spiro atoms. The van der Waals surface area contributed by atoms with Gasteiger partial charge in [0.15, 0.2) is 0 Å². The molecule has 2 heterocycles. The molecule has 1 atom stereocenters. The molecule has 2 rings (SSSR count). The molecular weight excluding hydrogens is 166 g/mol. The predicted octanol–water partition coefficient (Wildman–Crippen LogP) is 0.356. The summed E-state index contributed by atoms with van der Waals surface area (Å²) in [5.41, 5.74) is 0.964. The fourth-order valence-electron chi connectivity index (χ4n) is 1.56. The zero-order chi connectivity index (χ0) is 9.26. The van der Waals surface area contributed by atoms with Crippen molar-refractivity contribution in [2.24, 2.45) is 0 Å². The Balaban J connectivity index is 2.16. The van der Waals surface area contributed by atoms with E-state index in [4.69, 9.17) is 0 Å². The fourth-order valence-corrected chi connectivity index (χ4v) is 1.56. The van der Waals surface area contributed by atoms with Gasteiger partial charge in [-0.25, -0.2) is 9.97 Å². The Morgan fingerprint density at radius 2 is 2.38 bits per heavy atom. The minimum absolute atomic E-state index is 0.199. The standard InChI is InChI=1S/C9H13N3O/c1-7-4-9(11-6-10-7)12-3-2-8(13)5-12/h4,6,8,13H,2-3,5H2,1H3/t8-/m1/s1. The van der Waals surface area contributed by atoms with E-state index in [1.165, 1.54) is 0 Å².